The predicted molar refractivity (Wildman–Crippen MR) is 60.9 cm³/mol. The van der Waals surface area contributed by atoms with Crippen molar-refractivity contribution >= 4 is 40.3 Å². The van der Waals surface area contributed by atoms with E-state index in [0.29, 0.717) is 5.69 Å². The maximum Gasteiger partial charge on any atom is 0.417 e. The van der Waals surface area contributed by atoms with Gasteiger partial charge in [0.2, 0.25) is 0 Å². The minimum Gasteiger partial charge on any atom is -0.328 e. The Bertz CT molecular complexity index is 327. The second-order valence-corrected chi connectivity index (χ2v) is 3.89. The average Bonchev–Trinajstić information content (AvgIpc) is 2.15. The fourth-order valence-electron chi connectivity index (χ4n) is 0.988. The lowest BCUT2D eigenvalue weighted by Crippen LogP contribution is -2.06. The Balaban J connectivity index is 3.22. The summed E-state index contributed by atoms with van der Waals surface area (Å²) in [6.45, 7) is 0. The third kappa shape index (κ3) is 2.69. The topological polar surface area (TPSA) is 12.0 Å². The number of nitrogens with one attached hydrogen (secondary N) is 1. The van der Waals surface area contributed by atoms with Crippen molar-refractivity contribution in [2.24, 2.45) is 0 Å². The van der Waals surface area contributed by atoms with E-state index in [0.717, 1.165) is 17.8 Å². The van der Waals surface area contributed by atoms with Crippen LogP contribution in [-0.2, 0) is 6.18 Å². The van der Waals surface area contributed by atoms with Gasteiger partial charge in [0.05, 0.1) is 28.4 Å². The molecule has 1 aromatic carbocycles. The highest BCUT2D eigenvalue weighted by atomic mass is 127. The molecule has 0 aromatic heterocycles. The van der Waals surface area contributed by atoms with E-state index in [2.05, 4.69) is 3.53 Å². The molecule has 6 heteroatoms. The number of halogens is 4. The summed E-state index contributed by atoms with van der Waals surface area (Å²) in [5.74, 6) is 0. The lowest BCUT2D eigenvalue weighted by molar-refractivity contribution is -0.139. The van der Waals surface area contributed by atoms with Crippen LogP contribution in [0.25, 0.3) is 0 Å². The second kappa shape index (κ2) is 4.61. The number of hydrogen-bond acceptors (Lipinski definition) is 2. The Morgan fingerprint density at radius 2 is 2.00 bits per heavy atom. The first kappa shape index (κ1) is 12.0. The summed E-state index contributed by atoms with van der Waals surface area (Å²) in [6, 6.07) is 4.19. The van der Waals surface area contributed by atoms with Gasteiger partial charge >= 0.3 is 6.18 Å². The Morgan fingerprint density at radius 3 is 2.43 bits per heavy atom. The van der Waals surface area contributed by atoms with Gasteiger partial charge < -0.3 is 3.53 Å². The van der Waals surface area contributed by atoms with Gasteiger partial charge in [0.15, 0.2) is 0 Å². The van der Waals surface area contributed by atoms with E-state index in [1.165, 1.54) is 6.07 Å². The van der Waals surface area contributed by atoms with Gasteiger partial charge in [0.25, 0.3) is 0 Å². The average molecular weight is 333 g/mol. The molecule has 0 saturated heterocycles. The molecule has 14 heavy (non-hydrogen) atoms. The van der Waals surface area contributed by atoms with Gasteiger partial charge in [-0.1, -0.05) is 0 Å². The normalized spacial score (nSPS) is 11.5. The van der Waals surface area contributed by atoms with Crippen LogP contribution in [0.3, 0.4) is 0 Å². The van der Waals surface area contributed by atoms with Crippen molar-refractivity contribution in [3.63, 3.8) is 0 Å². The molecule has 1 nitrogen and oxygen atoms in total. The van der Waals surface area contributed by atoms with Crippen LogP contribution < -0.4 is 3.53 Å². The Morgan fingerprint density at radius 1 is 1.36 bits per heavy atom. The zero-order chi connectivity index (χ0) is 10.8. The number of rotatable bonds is 2. The van der Waals surface area contributed by atoms with Crippen LogP contribution >= 0.6 is 34.6 Å². The molecule has 0 spiro atoms. The second-order valence-electron chi connectivity index (χ2n) is 2.51. The fraction of sp³-hybridized carbons (Fsp3) is 0.250. The number of benzene rings is 1. The number of anilines is 1. The smallest absolute Gasteiger partial charge is 0.328 e. The first-order valence-corrected chi connectivity index (χ1v) is 5.91. The molecule has 0 heterocycles. The summed E-state index contributed by atoms with van der Waals surface area (Å²) < 4.78 is 40.2. The Kier molecular flexibility index (Phi) is 3.94. The van der Waals surface area contributed by atoms with Crippen LogP contribution in [0.2, 0.25) is 0 Å². The maximum atomic E-state index is 12.5. The molecule has 1 N–H and O–H groups in total. The van der Waals surface area contributed by atoms with E-state index in [1.54, 1.807) is 35.2 Å². The van der Waals surface area contributed by atoms with Crippen LogP contribution in [0.1, 0.15) is 5.56 Å². The Labute approximate surface area is 97.9 Å². The molecule has 0 bridgehead atoms. The predicted octanol–water partition coefficient (Wildman–Crippen LogP) is 4.19. The molecule has 1 rings (SSSR count). The largest absolute Gasteiger partial charge is 0.417 e. The van der Waals surface area contributed by atoms with Crippen molar-refractivity contribution in [3.8, 4) is 0 Å². The first-order chi connectivity index (χ1) is 6.49. The molecule has 0 aliphatic rings. The summed E-state index contributed by atoms with van der Waals surface area (Å²) in [5, 5.41) is 0. The minimum absolute atomic E-state index is 0.243. The van der Waals surface area contributed by atoms with E-state index in [-0.39, 0.29) is 4.90 Å². The number of hydrogen-bond donors (Lipinski definition) is 1. The number of thioether (sulfide) groups is 1. The molecular formula is C8H7F3INS. The van der Waals surface area contributed by atoms with Gasteiger partial charge in [-0.25, -0.2) is 0 Å². The van der Waals surface area contributed by atoms with Crippen LogP contribution in [-0.4, -0.2) is 6.26 Å². The van der Waals surface area contributed by atoms with Crippen molar-refractivity contribution < 1.29 is 13.2 Å². The zero-order valence-corrected chi connectivity index (χ0v) is 10.1. The highest BCUT2D eigenvalue weighted by molar-refractivity contribution is 14.1. The molecule has 0 unspecified atom stereocenters. The van der Waals surface area contributed by atoms with Crippen molar-refractivity contribution in [2.75, 3.05) is 9.79 Å². The van der Waals surface area contributed by atoms with Crippen LogP contribution in [0.4, 0.5) is 18.9 Å². The third-order valence-electron chi connectivity index (χ3n) is 1.61. The van der Waals surface area contributed by atoms with Gasteiger partial charge in [0, 0.05) is 10.6 Å². The quantitative estimate of drug-likeness (QED) is 0.495. The summed E-state index contributed by atoms with van der Waals surface area (Å²) >= 11 is 2.89. The van der Waals surface area contributed by atoms with E-state index in [1.807, 2.05) is 0 Å². The molecule has 0 radical (unpaired) electrons. The molecule has 1 aromatic rings. The molecule has 0 saturated carbocycles. The van der Waals surface area contributed by atoms with E-state index in [9.17, 15) is 13.2 Å². The van der Waals surface area contributed by atoms with Crippen molar-refractivity contribution in [1.29, 1.82) is 0 Å². The van der Waals surface area contributed by atoms with Gasteiger partial charge in [0.1, 0.15) is 0 Å². The lowest BCUT2D eigenvalue weighted by atomic mass is 10.2. The van der Waals surface area contributed by atoms with E-state index < -0.39 is 11.7 Å². The van der Waals surface area contributed by atoms with Gasteiger partial charge in [-0.3, -0.25) is 0 Å². The summed E-state index contributed by atoms with van der Waals surface area (Å²) in [4.78, 5) is 0.243. The highest BCUT2D eigenvalue weighted by Gasteiger charge is 2.33. The van der Waals surface area contributed by atoms with Crippen LogP contribution in [0.5, 0.6) is 0 Å². The fourth-order valence-corrected chi connectivity index (χ4v) is 1.92. The molecule has 0 fully saturated rings. The van der Waals surface area contributed by atoms with Crippen LogP contribution in [0.15, 0.2) is 23.1 Å². The summed E-state index contributed by atoms with van der Waals surface area (Å²) in [5.41, 5.74) is -0.137. The molecule has 0 atom stereocenters. The van der Waals surface area contributed by atoms with Crippen molar-refractivity contribution in [1.82, 2.24) is 0 Å². The van der Waals surface area contributed by atoms with E-state index in [4.69, 9.17) is 0 Å². The SMILES string of the molecule is CSc1ccc(NI)cc1C(F)(F)F. The minimum atomic E-state index is -4.29. The standard InChI is InChI=1S/C8H7F3INS/c1-14-7-3-2-5(13-12)4-6(7)8(9,10)11/h2-4,13H,1H3. The maximum absolute atomic E-state index is 12.5. The van der Waals surface area contributed by atoms with Gasteiger partial charge in [-0.15, -0.1) is 11.8 Å². The molecule has 0 amide bonds. The lowest BCUT2D eigenvalue weighted by Gasteiger charge is -2.12. The van der Waals surface area contributed by atoms with Crippen molar-refractivity contribution in [3.05, 3.63) is 23.8 Å². The zero-order valence-electron chi connectivity index (χ0n) is 7.15. The van der Waals surface area contributed by atoms with Gasteiger partial charge in [-0.05, 0) is 24.5 Å². The summed E-state index contributed by atoms with van der Waals surface area (Å²) in [6.07, 6.45) is -2.66. The van der Waals surface area contributed by atoms with Gasteiger partial charge in [-0.2, -0.15) is 13.2 Å². The van der Waals surface area contributed by atoms with E-state index >= 15 is 0 Å². The molecule has 0 aliphatic carbocycles. The highest BCUT2D eigenvalue weighted by Crippen LogP contribution is 2.37. The first-order valence-electron chi connectivity index (χ1n) is 3.61. The third-order valence-corrected chi connectivity index (χ3v) is 3.03. The molecule has 0 aliphatic heterocycles. The van der Waals surface area contributed by atoms with Crippen molar-refractivity contribution in [2.45, 2.75) is 11.1 Å². The monoisotopic (exact) mass is 333 g/mol. The Hall–Kier alpha value is -0.110. The molecular weight excluding hydrogens is 326 g/mol. The molecule has 78 valence electrons. The van der Waals surface area contributed by atoms with Crippen LogP contribution in [0, 0.1) is 0 Å². The summed E-state index contributed by atoms with van der Waals surface area (Å²) in [7, 11) is 0. The number of alkyl halides is 3.